The van der Waals surface area contributed by atoms with Gasteiger partial charge in [0.05, 0.1) is 12.5 Å². The van der Waals surface area contributed by atoms with Crippen molar-refractivity contribution in [3.8, 4) is 0 Å². The normalized spacial score (nSPS) is 26.9. The first kappa shape index (κ1) is 18.1. The van der Waals surface area contributed by atoms with E-state index in [1.165, 1.54) is 12.8 Å². The van der Waals surface area contributed by atoms with Gasteiger partial charge in [0.1, 0.15) is 11.6 Å². The first-order valence-corrected chi connectivity index (χ1v) is 10.9. The van der Waals surface area contributed by atoms with Crippen LogP contribution in [0.1, 0.15) is 62.5 Å². The molecule has 0 aromatic carbocycles. The van der Waals surface area contributed by atoms with Crippen molar-refractivity contribution < 1.29 is 9.59 Å². The Kier molecular flexibility index (Phi) is 4.82. The molecule has 0 radical (unpaired) electrons. The van der Waals surface area contributed by atoms with E-state index in [0.717, 1.165) is 70.1 Å². The van der Waals surface area contributed by atoms with Crippen molar-refractivity contribution in [1.82, 2.24) is 29.9 Å². The number of fused-ring (bicyclic) bond motifs is 1. The Morgan fingerprint density at radius 1 is 1.04 bits per heavy atom. The molecule has 1 N–H and O–H groups in total. The second kappa shape index (κ2) is 7.46. The van der Waals surface area contributed by atoms with Gasteiger partial charge in [0.2, 0.25) is 11.8 Å². The molecular weight excluding hydrogens is 356 g/mol. The van der Waals surface area contributed by atoms with Gasteiger partial charge in [-0.15, -0.1) is 10.2 Å². The molecule has 4 heterocycles. The van der Waals surface area contributed by atoms with E-state index >= 15 is 0 Å². The molecule has 1 aromatic rings. The maximum Gasteiger partial charge on any atom is 0.227 e. The Balaban J connectivity index is 1.18. The standard InChI is InChI=1S/C20H30N6O2/c27-18-11-15(13-26(18)16-3-1-2-4-16)20(28)24-8-5-14(6-9-24)19-23-22-17-12-21-7-10-25(17)19/h14-16,21H,1-13H2/t15-/m1/s1. The zero-order chi connectivity index (χ0) is 19.1. The van der Waals surface area contributed by atoms with Crippen LogP contribution in [0.2, 0.25) is 0 Å². The summed E-state index contributed by atoms with van der Waals surface area (Å²) in [6, 6.07) is 0.379. The van der Waals surface area contributed by atoms with Gasteiger partial charge < -0.3 is 19.7 Å². The maximum absolute atomic E-state index is 13.0. The minimum absolute atomic E-state index is 0.142. The molecule has 1 aliphatic carbocycles. The second-order valence-electron chi connectivity index (χ2n) is 8.79. The molecule has 1 saturated carbocycles. The van der Waals surface area contributed by atoms with Gasteiger partial charge in [0.15, 0.2) is 0 Å². The molecule has 4 aliphatic rings. The summed E-state index contributed by atoms with van der Waals surface area (Å²) in [5.74, 6) is 2.71. The van der Waals surface area contributed by atoms with Crippen molar-refractivity contribution in [3.05, 3.63) is 11.6 Å². The van der Waals surface area contributed by atoms with E-state index in [0.29, 0.717) is 24.9 Å². The lowest BCUT2D eigenvalue weighted by Gasteiger charge is -2.33. The van der Waals surface area contributed by atoms with Gasteiger partial charge >= 0.3 is 0 Å². The SMILES string of the molecule is O=C([C@@H]1CC(=O)N(C2CCCC2)C1)N1CCC(c2nnc3n2CCNC3)CC1. The van der Waals surface area contributed by atoms with Gasteiger partial charge in [-0.2, -0.15) is 0 Å². The molecule has 8 heteroatoms. The van der Waals surface area contributed by atoms with Crippen molar-refractivity contribution in [3.63, 3.8) is 0 Å². The van der Waals surface area contributed by atoms with Gasteiger partial charge in [-0.25, -0.2) is 0 Å². The lowest BCUT2D eigenvalue weighted by atomic mass is 9.94. The van der Waals surface area contributed by atoms with Crippen molar-refractivity contribution in [1.29, 1.82) is 0 Å². The third kappa shape index (κ3) is 3.21. The van der Waals surface area contributed by atoms with Crippen LogP contribution in [0.25, 0.3) is 0 Å². The van der Waals surface area contributed by atoms with Crippen LogP contribution in [0.3, 0.4) is 0 Å². The minimum Gasteiger partial charge on any atom is -0.342 e. The number of nitrogens with zero attached hydrogens (tertiary/aromatic N) is 5. The molecule has 3 fully saturated rings. The smallest absolute Gasteiger partial charge is 0.227 e. The van der Waals surface area contributed by atoms with Crippen LogP contribution in [-0.2, 0) is 22.7 Å². The number of carbonyl (C=O) groups is 2. The molecule has 3 aliphatic heterocycles. The predicted molar refractivity (Wildman–Crippen MR) is 102 cm³/mol. The highest BCUT2D eigenvalue weighted by atomic mass is 16.2. The lowest BCUT2D eigenvalue weighted by Crippen LogP contribution is -2.43. The third-order valence-corrected chi connectivity index (χ3v) is 7.10. The summed E-state index contributed by atoms with van der Waals surface area (Å²) in [6.07, 6.45) is 6.91. The van der Waals surface area contributed by atoms with E-state index in [2.05, 4.69) is 20.1 Å². The van der Waals surface area contributed by atoms with E-state index in [9.17, 15) is 9.59 Å². The molecule has 0 unspecified atom stereocenters. The summed E-state index contributed by atoms with van der Waals surface area (Å²) < 4.78 is 2.26. The first-order chi connectivity index (χ1) is 13.7. The highest BCUT2D eigenvalue weighted by Crippen LogP contribution is 2.32. The summed E-state index contributed by atoms with van der Waals surface area (Å²) in [5, 5.41) is 12.1. The predicted octanol–water partition coefficient (Wildman–Crippen LogP) is 0.878. The van der Waals surface area contributed by atoms with Crippen LogP contribution >= 0.6 is 0 Å². The zero-order valence-electron chi connectivity index (χ0n) is 16.5. The van der Waals surface area contributed by atoms with E-state index in [4.69, 9.17) is 0 Å². The van der Waals surface area contributed by atoms with Crippen molar-refractivity contribution in [2.45, 2.75) is 70.0 Å². The summed E-state index contributed by atoms with van der Waals surface area (Å²) >= 11 is 0. The van der Waals surface area contributed by atoms with Crippen LogP contribution in [0.5, 0.6) is 0 Å². The number of amides is 2. The molecule has 28 heavy (non-hydrogen) atoms. The minimum atomic E-state index is -0.142. The number of nitrogens with one attached hydrogen (secondary N) is 1. The highest BCUT2D eigenvalue weighted by Gasteiger charge is 2.41. The fourth-order valence-corrected chi connectivity index (χ4v) is 5.50. The molecule has 1 aromatic heterocycles. The topological polar surface area (TPSA) is 83.4 Å². The number of carbonyl (C=O) groups excluding carboxylic acids is 2. The van der Waals surface area contributed by atoms with Crippen LogP contribution in [0.15, 0.2) is 0 Å². The van der Waals surface area contributed by atoms with Crippen molar-refractivity contribution in [2.24, 2.45) is 5.92 Å². The number of likely N-dealkylation sites (tertiary alicyclic amines) is 2. The maximum atomic E-state index is 13.0. The van der Waals surface area contributed by atoms with Gasteiger partial charge in [-0.3, -0.25) is 9.59 Å². The molecule has 0 spiro atoms. The Hall–Kier alpha value is -1.96. The van der Waals surface area contributed by atoms with Gasteiger partial charge in [-0.05, 0) is 25.7 Å². The molecule has 5 rings (SSSR count). The lowest BCUT2D eigenvalue weighted by molar-refractivity contribution is -0.136. The zero-order valence-corrected chi connectivity index (χ0v) is 16.5. The van der Waals surface area contributed by atoms with Crippen molar-refractivity contribution in [2.75, 3.05) is 26.2 Å². The second-order valence-corrected chi connectivity index (χ2v) is 8.79. The Morgan fingerprint density at radius 3 is 2.61 bits per heavy atom. The number of hydrogen-bond acceptors (Lipinski definition) is 5. The number of hydrogen-bond donors (Lipinski definition) is 1. The Labute approximate surface area is 165 Å². The van der Waals surface area contributed by atoms with Crippen LogP contribution in [-0.4, -0.2) is 68.6 Å². The van der Waals surface area contributed by atoms with E-state index in [1.54, 1.807) is 0 Å². The van der Waals surface area contributed by atoms with Crippen LogP contribution < -0.4 is 5.32 Å². The average molecular weight is 387 g/mol. The molecule has 1 atom stereocenters. The van der Waals surface area contributed by atoms with Crippen LogP contribution in [0.4, 0.5) is 0 Å². The molecule has 152 valence electrons. The fraction of sp³-hybridized carbons (Fsp3) is 0.800. The van der Waals surface area contributed by atoms with Gasteiger partial charge in [-0.1, -0.05) is 12.8 Å². The summed E-state index contributed by atoms with van der Waals surface area (Å²) in [4.78, 5) is 29.5. The summed E-state index contributed by atoms with van der Waals surface area (Å²) in [6.45, 7) is 4.83. The van der Waals surface area contributed by atoms with Crippen molar-refractivity contribution >= 4 is 11.8 Å². The summed E-state index contributed by atoms with van der Waals surface area (Å²) in [7, 11) is 0. The van der Waals surface area contributed by atoms with Gasteiger partial charge in [0.25, 0.3) is 0 Å². The Morgan fingerprint density at radius 2 is 1.82 bits per heavy atom. The number of aromatic nitrogens is 3. The first-order valence-electron chi connectivity index (χ1n) is 10.9. The monoisotopic (exact) mass is 386 g/mol. The van der Waals surface area contributed by atoms with Crippen LogP contribution in [0, 0.1) is 5.92 Å². The summed E-state index contributed by atoms with van der Waals surface area (Å²) in [5.41, 5.74) is 0. The molecular formula is C20H30N6O2. The van der Waals surface area contributed by atoms with Gasteiger partial charge in [0, 0.05) is 51.1 Å². The largest absolute Gasteiger partial charge is 0.342 e. The number of rotatable bonds is 3. The Bertz CT molecular complexity index is 748. The fourth-order valence-electron chi connectivity index (χ4n) is 5.50. The quantitative estimate of drug-likeness (QED) is 0.834. The van der Waals surface area contributed by atoms with E-state index in [-0.39, 0.29) is 17.7 Å². The molecule has 0 bridgehead atoms. The molecule has 2 amide bonds. The number of piperidine rings is 1. The highest BCUT2D eigenvalue weighted by molar-refractivity contribution is 5.89. The molecule has 8 nitrogen and oxygen atoms in total. The van der Waals surface area contributed by atoms with E-state index < -0.39 is 0 Å². The molecule has 2 saturated heterocycles. The van der Waals surface area contributed by atoms with E-state index in [1.807, 2.05) is 9.80 Å². The average Bonchev–Trinajstić information content (AvgIpc) is 3.47. The third-order valence-electron chi connectivity index (χ3n) is 7.10.